The number of aryl methyl sites for hydroxylation is 1. The van der Waals surface area contributed by atoms with E-state index in [-0.39, 0.29) is 0 Å². The molecule has 0 bridgehead atoms. The molecule has 1 aliphatic heterocycles. The molecule has 1 aromatic carbocycles. The van der Waals surface area contributed by atoms with Crippen LogP contribution in [0.25, 0.3) is 0 Å². The van der Waals surface area contributed by atoms with Crippen LogP contribution in [-0.4, -0.2) is 38.7 Å². The summed E-state index contributed by atoms with van der Waals surface area (Å²) in [4.78, 5) is 2.43. The molecule has 3 heteroatoms. The molecule has 21 heavy (non-hydrogen) atoms. The minimum absolute atomic E-state index is 0.339. The van der Waals surface area contributed by atoms with Crippen molar-refractivity contribution in [1.82, 2.24) is 10.2 Å². The Morgan fingerprint density at radius 3 is 2.71 bits per heavy atom. The SMILES string of the molecule is COc1ccc(C)cc1C(C)NCCC1CCN(C)CC1. The second kappa shape index (κ2) is 7.81. The summed E-state index contributed by atoms with van der Waals surface area (Å²) in [5.74, 6) is 1.88. The average molecular weight is 290 g/mol. The van der Waals surface area contributed by atoms with Gasteiger partial charge in [-0.2, -0.15) is 0 Å². The summed E-state index contributed by atoms with van der Waals surface area (Å²) in [5, 5.41) is 3.67. The Hall–Kier alpha value is -1.06. The summed E-state index contributed by atoms with van der Waals surface area (Å²) in [7, 11) is 3.97. The second-order valence-electron chi connectivity index (χ2n) is 6.46. The zero-order valence-electron chi connectivity index (χ0n) is 14.0. The Labute approximate surface area is 129 Å². The van der Waals surface area contributed by atoms with Crippen molar-refractivity contribution in [3.63, 3.8) is 0 Å². The number of piperidine rings is 1. The van der Waals surface area contributed by atoms with Crippen LogP contribution in [0.5, 0.6) is 5.75 Å². The van der Waals surface area contributed by atoms with Crippen molar-refractivity contribution in [1.29, 1.82) is 0 Å². The van der Waals surface area contributed by atoms with Crippen LogP contribution < -0.4 is 10.1 Å². The van der Waals surface area contributed by atoms with Crippen LogP contribution in [0.1, 0.15) is 43.4 Å². The van der Waals surface area contributed by atoms with Gasteiger partial charge in [-0.3, -0.25) is 0 Å². The third-order valence-electron chi connectivity index (χ3n) is 4.69. The molecule has 1 atom stereocenters. The molecule has 1 fully saturated rings. The Morgan fingerprint density at radius 1 is 1.33 bits per heavy atom. The predicted molar refractivity (Wildman–Crippen MR) is 89.0 cm³/mol. The topological polar surface area (TPSA) is 24.5 Å². The number of methoxy groups -OCH3 is 1. The van der Waals surface area contributed by atoms with Gasteiger partial charge in [0.05, 0.1) is 7.11 Å². The van der Waals surface area contributed by atoms with Gasteiger partial charge in [-0.15, -0.1) is 0 Å². The van der Waals surface area contributed by atoms with Crippen molar-refractivity contribution in [3.8, 4) is 5.75 Å². The summed E-state index contributed by atoms with van der Waals surface area (Å²) in [6.45, 7) is 7.96. The van der Waals surface area contributed by atoms with E-state index < -0.39 is 0 Å². The van der Waals surface area contributed by atoms with Gasteiger partial charge in [0, 0.05) is 11.6 Å². The van der Waals surface area contributed by atoms with Crippen LogP contribution in [-0.2, 0) is 0 Å². The van der Waals surface area contributed by atoms with E-state index in [2.05, 4.69) is 49.3 Å². The maximum atomic E-state index is 5.48. The maximum absolute atomic E-state index is 5.48. The van der Waals surface area contributed by atoms with Crippen molar-refractivity contribution in [3.05, 3.63) is 29.3 Å². The van der Waals surface area contributed by atoms with Gasteiger partial charge >= 0.3 is 0 Å². The van der Waals surface area contributed by atoms with E-state index in [9.17, 15) is 0 Å². The van der Waals surface area contributed by atoms with E-state index in [1.54, 1.807) is 7.11 Å². The monoisotopic (exact) mass is 290 g/mol. The molecule has 1 saturated heterocycles. The standard InChI is InChI=1S/C18H30N2O/c1-14-5-6-18(21-4)17(13-14)15(2)19-10-7-16-8-11-20(3)12-9-16/h5-6,13,15-16,19H,7-12H2,1-4H3. The minimum Gasteiger partial charge on any atom is -0.496 e. The summed E-state index contributed by atoms with van der Waals surface area (Å²) in [6.07, 6.45) is 3.98. The van der Waals surface area contributed by atoms with E-state index >= 15 is 0 Å². The number of nitrogens with one attached hydrogen (secondary N) is 1. The lowest BCUT2D eigenvalue weighted by molar-refractivity contribution is 0.210. The van der Waals surface area contributed by atoms with Crippen LogP contribution in [0.4, 0.5) is 0 Å². The molecular formula is C18H30N2O. The highest BCUT2D eigenvalue weighted by Gasteiger charge is 2.17. The molecular weight excluding hydrogens is 260 g/mol. The van der Waals surface area contributed by atoms with Crippen LogP contribution in [0.15, 0.2) is 18.2 Å². The van der Waals surface area contributed by atoms with Crippen molar-refractivity contribution in [2.45, 2.75) is 39.2 Å². The summed E-state index contributed by atoms with van der Waals surface area (Å²) in [6, 6.07) is 6.74. The second-order valence-corrected chi connectivity index (χ2v) is 6.46. The van der Waals surface area contributed by atoms with Gasteiger partial charge in [0.15, 0.2) is 0 Å². The van der Waals surface area contributed by atoms with E-state index in [0.29, 0.717) is 6.04 Å². The highest BCUT2D eigenvalue weighted by Crippen LogP contribution is 2.26. The molecule has 0 aromatic heterocycles. The highest BCUT2D eigenvalue weighted by atomic mass is 16.5. The lowest BCUT2D eigenvalue weighted by Gasteiger charge is -2.29. The lowest BCUT2D eigenvalue weighted by atomic mass is 9.93. The summed E-state index contributed by atoms with van der Waals surface area (Å²) >= 11 is 0. The summed E-state index contributed by atoms with van der Waals surface area (Å²) < 4.78 is 5.48. The molecule has 0 spiro atoms. The average Bonchev–Trinajstić information content (AvgIpc) is 2.49. The number of benzene rings is 1. The predicted octanol–water partition coefficient (Wildman–Crippen LogP) is 3.39. The molecule has 1 heterocycles. The van der Waals surface area contributed by atoms with E-state index in [4.69, 9.17) is 4.74 Å². The Kier molecular flexibility index (Phi) is 6.07. The van der Waals surface area contributed by atoms with Crippen LogP contribution in [0, 0.1) is 12.8 Å². The quantitative estimate of drug-likeness (QED) is 0.869. The Bertz CT molecular complexity index is 439. The molecule has 0 aliphatic carbocycles. The first-order valence-corrected chi connectivity index (χ1v) is 8.16. The van der Waals surface area contributed by atoms with Gasteiger partial charge in [0.1, 0.15) is 5.75 Å². The number of hydrogen-bond donors (Lipinski definition) is 1. The van der Waals surface area contributed by atoms with Crippen LogP contribution in [0.3, 0.4) is 0 Å². The Morgan fingerprint density at radius 2 is 2.05 bits per heavy atom. The third kappa shape index (κ3) is 4.72. The normalized spacial score (nSPS) is 18.7. The molecule has 1 aliphatic rings. The first-order valence-electron chi connectivity index (χ1n) is 8.16. The first-order chi connectivity index (χ1) is 10.1. The Balaban J connectivity index is 1.81. The fraction of sp³-hybridized carbons (Fsp3) is 0.667. The number of ether oxygens (including phenoxy) is 1. The molecule has 3 nitrogen and oxygen atoms in total. The zero-order valence-corrected chi connectivity index (χ0v) is 14.0. The van der Waals surface area contributed by atoms with E-state index in [1.807, 2.05) is 0 Å². The molecule has 1 N–H and O–H groups in total. The molecule has 0 amide bonds. The third-order valence-corrected chi connectivity index (χ3v) is 4.69. The van der Waals surface area contributed by atoms with Gasteiger partial charge < -0.3 is 15.0 Å². The van der Waals surface area contributed by atoms with E-state index in [0.717, 1.165) is 18.2 Å². The highest BCUT2D eigenvalue weighted by molar-refractivity contribution is 5.38. The molecule has 2 rings (SSSR count). The van der Waals surface area contributed by atoms with Gasteiger partial charge in [-0.1, -0.05) is 17.7 Å². The molecule has 118 valence electrons. The van der Waals surface area contributed by atoms with Crippen molar-refractivity contribution in [2.24, 2.45) is 5.92 Å². The molecule has 1 aromatic rings. The smallest absolute Gasteiger partial charge is 0.123 e. The molecule has 1 unspecified atom stereocenters. The largest absolute Gasteiger partial charge is 0.496 e. The maximum Gasteiger partial charge on any atom is 0.123 e. The molecule has 0 radical (unpaired) electrons. The summed E-state index contributed by atoms with van der Waals surface area (Å²) in [5.41, 5.74) is 2.55. The number of rotatable bonds is 6. The van der Waals surface area contributed by atoms with Crippen LogP contribution in [0.2, 0.25) is 0 Å². The van der Waals surface area contributed by atoms with Gasteiger partial charge in [-0.05, 0) is 71.8 Å². The molecule has 0 saturated carbocycles. The van der Waals surface area contributed by atoms with E-state index in [1.165, 1.54) is 43.5 Å². The minimum atomic E-state index is 0.339. The van der Waals surface area contributed by atoms with Crippen LogP contribution >= 0.6 is 0 Å². The van der Waals surface area contributed by atoms with Crippen molar-refractivity contribution >= 4 is 0 Å². The van der Waals surface area contributed by atoms with Crippen molar-refractivity contribution in [2.75, 3.05) is 33.8 Å². The van der Waals surface area contributed by atoms with Crippen molar-refractivity contribution < 1.29 is 4.74 Å². The fourth-order valence-corrected chi connectivity index (χ4v) is 3.16. The number of nitrogens with zero attached hydrogens (tertiary/aromatic N) is 1. The number of hydrogen-bond acceptors (Lipinski definition) is 3. The fourth-order valence-electron chi connectivity index (χ4n) is 3.16. The lowest BCUT2D eigenvalue weighted by Crippen LogP contribution is -2.32. The van der Waals surface area contributed by atoms with Gasteiger partial charge in [0.25, 0.3) is 0 Å². The van der Waals surface area contributed by atoms with Gasteiger partial charge in [-0.25, -0.2) is 0 Å². The van der Waals surface area contributed by atoms with Gasteiger partial charge in [0.2, 0.25) is 0 Å². The first kappa shape index (κ1) is 16.3. The number of likely N-dealkylation sites (tertiary alicyclic amines) is 1. The zero-order chi connectivity index (χ0) is 15.2.